The molecule has 1 aromatic rings. The molecule has 0 saturated carbocycles. The van der Waals surface area contributed by atoms with Gasteiger partial charge >= 0.3 is 6.09 Å². The summed E-state index contributed by atoms with van der Waals surface area (Å²) in [4.78, 5) is 15.8. The number of sulfonamides is 1. The minimum Gasteiger partial charge on any atom is -0.443 e. The van der Waals surface area contributed by atoms with Gasteiger partial charge in [-0.25, -0.2) is 4.79 Å². The SMILES string of the molecule is Cc1ccc(S(=O)(=O)N/N=C2/C=CN(C(=O)OC(C)(C)C)CC2)cc1. The van der Waals surface area contributed by atoms with E-state index in [0.29, 0.717) is 18.7 Å². The quantitative estimate of drug-likeness (QED) is 0.834. The van der Waals surface area contributed by atoms with Crippen LogP contribution in [0.5, 0.6) is 0 Å². The molecule has 0 bridgehead atoms. The number of hydrazone groups is 1. The van der Waals surface area contributed by atoms with Crippen LogP contribution in [0.15, 0.2) is 46.5 Å². The number of benzene rings is 1. The summed E-state index contributed by atoms with van der Waals surface area (Å²) in [6.45, 7) is 7.64. The third kappa shape index (κ3) is 5.60. The van der Waals surface area contributed by atoms with Crippen molar-refractivity contribution in [1.82, 2.24) is 9.73 Å². The summed E-state index contributed by atoms with van der Waals surface area (Å²) in [5.74, 6) is 0. The molecule has 0 saturated heterocycles. The van der Waals surface area contributed by atoms with E-state index in [1.165, 1.54) is 23.2 Å². The van der Waals surface area contributed by atoms with Crippen molar-refractivity contribution in [3.63, 3.8) is 0 Å². The van der Waals surface area contributed by atoms with Crippen LogP contribution in [0.3, 0.4) is 0 Å². The Morgan fingerprint density at radius 3 is 2.40 bits per heavy atom. The van der Waals surface area contributed by atoms with Crippen molar-refractivity contribution in [2.45, 2.75) is 44.6 Å². The van der Waals surface area contributed by atoms with Gasteiger partial charge in [0.2, 0.25) is 0 Å². The van der Waals surface area contributed by atoms with Crippen molar-refractivity contribution in [2.24, 2.45) is 5.10 Å². The molecule has 1 aliphatic heterocycles. The maximum absolute atomic E-state index is 12.2. The molecule has 7 nitrogen and oxygen atoms in total. The van der Waals surface area contributed by atoms with Crippen LogP contribution in [0.1, 0.15) is 32.8 Å². The van der Waals surface area contributed by atoms with E-state index in [4.69, 9.17) is 4.74 Å². The number of ether oxygens (including phenoxy) is 1. The van der Waals surface area contributed by atoms with Gasteiger partial charge in [-0.3, -0.25) is 4.90 Å². The van der Waals surface area contributed by atoms with Crippen molar-refractivity contribution < 1.29 is 17.9 Å². The molecule has 0 unspecified atom stereocenters. The Hall–Kier alpha value is -2.35. The lowest BCUT2D eigenvalue weighted by atomic mass is 10.2. The molecule has 1 heterocycles. The molecule has 0 fully saturated rings. The van der Waals surface area contributed by atoms with E-state index in [-0.39, 0.29) is 4.90 Å². The van der Waals surface area contributed by atoms with Gasteiger partial charge in [0.05, 0.1) is 10.6 Å². The van der Waals surface area contributed by atoms with Gasteiger partial charge in [-0.05, 0) is 45.9 Å². The molecule has 0 radical (unpaired) electrons. The molecule has 0 atom stereocenters. The van der Waals surface area contributed by atoms with Gasteiger partial charge in [-0.15, -0.1) is 0 Å². The lowest BCUT2D eigenvalue weighted by molar-refractivity contribution is 0.0337. The second-order valence-electron chi connectivity index (χ2n) is 6.75. The minimum absolute atomic E-state index is 0.151. The van der Waals surface area contributed by atoms with Crippen LogP contribution >= 0.6 is 0 Å². The highest BCUT2D eigenvalue weighted by atomic mass is 32.2. The third-order valence-electron chi connectivity index (χ3n) is 3.32. The van der Waals surface area contributed by atoms with Gasteiger partial charge in [0.25, 0.3) is 10.0 Å². The van der Waals surface area contributed by atoms with Gasteiger partial charge < -0.3 is 4.74 Å². The Balaban J connectivity index is 2.01. The summed E-state index contributed by atoms with van der Waals surface area (Å²) in [5.41, 5.74) is 0.946. The fourth-order valence-corrected chi connectivity index (χ4v) is 2.86. The molecular formula is C17H23N3O4S. The highest BCUT2D eigenvalue weighted by Crippen LogP contribution is 2.14. The van der Waals surface area contributed by atoms with Gasteiger partial charge in [-0.1, -0.05) is 17.7 Å². The monoisotopic (exact) mass is 365 g/mol. The highest BCUT2D eigenvalue weighted by molar-refractivity contribution is 7.89. The van der Waals surface area contributed by atoms with Crippen LogP contribution in [0, 0.1) is 6.92 Å². The molecule has 1 amide bonds. The number of carbonyl (C=O) groups excluding carboxylic acids is 1. The van der Waals surface area contributed by atoms with Crippen LogP contribution in [0.25, 0.3) is 0 Å². The minimum atomic E-state index is -3.71. The first-order chi connectivity index (χ1) is 11.6. The summed E-state index contributed by atoms with van der Waals surface area (Å²) in [6.07, 6.45) is 3.11. The molecule has 1 aliphatic rings. The second-order valence-corrected chi connectivity index (χ2v) is 8.41. The average Bonchev–Trinajstić information content (AvgIpc) is 2.52. The topological polar surface area (TPSA) is 88.1 Å². The van der Waals surface area contributed by atoms with Gasteiger partial charge in [0.15, 0.2) is 0 Å². The van der Waals surface area contributed by atoms with Crippen molar-refractivity contribution in [3.8, 4) is 0 Å². The van der Waals surface area contributed by atoms with Crippen LogP contribution < -0.4 is 4.83 Å². The van der Waals surface area contributed by atoms with E-state index >= 15 is 0 Å². The normalized spacial score (nSPS) is 16.8. The molecule has 1 N–H and O–H groups in total. The molecule has 0 aromatic heterocycles. The van der Waals surface area contributed by atoms with Crippen LogP contribution in [-0.2, 0) is 14.8 Å². The molecule has 1 aromatic carbocycles. The molecule has 0 spiro atoms. The average molecular weight is 365 g/mol. The van der Waals surface area contributed by atoms with E-state index in [2.05, 4.69) is 9.93 Å². The zero-order valence-corrected chi connectivity index (χ0v) is 15.6. The van der Waals surface area contributed by atoms with Crippen molar-refractivity contribution >= 4 is 21.8 Å². The first kappa shape index (κ1) is 19.0. The number of aryl methyl sites for hydroxylation is 1. The number of nitrogens with one attached hydrogen (secondary N) is 1. The lowest BCUT2D eigenvalue weighted by Gasteiger charge is -2.26. The molecular weight excluding hydrogens is 342 g/mol. The zero-order valence-electron chi connectivity index (χ0n) is 14.8. The molecule has 0 aliphatic carbocycles. The van der Waals surface area contributed by atoms with Gasteiger partial charge in [-0.2, -0.15) is 18.4 Å². The van der Waals surface area contributed by atoms with Crippen LogP contribution in [-0.4, -0.2) is 37.3 Å². The van der Waals surface area contributed by atoms with E-state index in [9.17, 15) is 13.2 Å². The summed E-state index contributed by atoms with van der Waals surface area (Å²) in [5, 5.41) is 3.94. The van der Waals surface area contributed by atoms with Crippen LogP contribution in [0.4, 0.5) is 4.79 Å². The fourth-order valence-electron chi connectivity index (χ4n) is 2.02. The Kier molecular flexibility index (Phi) is 5.52. The number of amides is 1. The highest BCUT2D eigenvalue weighted by Gasteiger charge is 2.22. The molecule has 25 heavy (non-hydrogen) atoms. The number of hydrogen-bond donors (Lipinski definition) is 1. The number of carbonyl (C=O) groups is 1. The Morgan fingerprint density at radius 1 is 1.24 bits per heavy atom. The summed E-state index contributed by atoms with van der Waals surface area (Å²) < 4.78 is 29.7. The van der Waals surface area contributed by atoms with E-state index in [1.54, 1.807) is 39.0 Å². The van der Waals surface area contributed by atoms with Crippen LogP contribution in [0.2, 0.25) is 0 Å². The summed E-state index contributed by atoms with van der Waals surface area (Å²) in [7, 11) is -3.71. The first-order valence-electron chi connectivity index (χ1n) is 7.90. The lowest BCUT2D eigenvalue weighted by Crippen LogP contribution is -2.36. The van der Waals surface area contributed by atoms with Crippen molar-refractivity contribution in [1.29, 1.82) is 0 Å². The fraction of sp³-hybridized carbons (Fsp3) is 0.412. The summed E-state index contributed by atoms with van der Waals surface area (Å²) in [6, 6.07) is 6.50. The number of hydrogen-bond acceptors (Lipinski definition) is 5. The maximum Gasteiger partial charge on any atom is 0.414 e. The van der Waals surface area contributed by atoms with E-state index in [0.717, 1.165) is 5.56 Å². The summed E-state index contributed by atoms with van der Waals surface area (Å²) >= 11 is 0. The second kappa shape index (κ2) is 7.26. The Bertz CT molecular complexity index is 790. The predicted molar refractivity (Wildman–Crippen MR) is 95.6 cm³/mol. The van der Waals surface area contributed by atoms with Crippen molar-refractivity contribution in [2.75, 3.05) is 6.54 Å². The largest absolute Gasteiger partial charge is 0.443 e. The van der Waals surface area contributed by atoms with Crippen molar-refractivity contribution in [3.05, 3.63) is 42.1 Å². The number of nitrogens with zero attached hydrogens (tertiary/aromatic N) is 2. The third-order valence-corrected chi connectivity index (χ3v) is 4.55. The molecule has 2 rings (SSSR count). The standard InChI is InChI=1S/C17H23N3O4S/c1-13-5-7-15(8-6-13)25(22,23)19-18-14-9-11-20(12-10-14)16(21)24-17(2,3)4/h5-9,11,19H,10,12H2,1-4H3/b18-14-. The zero-order chi connectivity index (χ0) is 18.7. The maximum atomic E-state index is 12.2. The molecule has 8 heteroatoms. The van der Waals surface area contributed by atoms with Gasteiger partial charge in [0, 0.05) is 19.2 Å². The van der Waals surface area contributed by atoms with E-state index < -0.39 is 21.7 Å². The Labute approximate surface area is 148 Å². The Morgan fingerprint density at radius 2 is 1.88 bits per heavy atom. The number of allylic oxidation sites excluding steroid dienone is 1. The molecule has 136 valence electrons. The van der Waals surface area contributed by atoms with Gasteiger partial charge in [0.1, 0.15) is 5.60 Å². The number of rotatable bonds is 3. The smallest absolute Gasteiger partial charge is 0.414 e. The van der Waals surface area contributed by atoms with E-state index in [1.807, 2.05) is 6.92 Å². The first-order valence-corrected chi connectivity index (χ1v) is 9.38. The predicted octanol–water partition coefficient (Wildman–Crippen LogP) is 2.78.